The summed E-state index contributed by atoms with van der Waals surface area (Å²) in [7, 11) is 0. The molecule has 3 rings (SSSR count). The number of rotatable bonds is 1. The maximum Gasteiger partial charge on any atom is 0.186 e. The first kappa shape index (κ1) is 12.1. The standard InChI is InChI=1S/C13H18N2O2S/c1-13(2)8-17-7-6-15(13)12-14-11-9(16)4-3-5-10(11)18-12/h3-8H2,1-2H3. The third-order valence-electron chi connectivity index (χ3n) is 3.63. The first-order chi connectivity index (χ1) is 8.58. The van der Waals surface area contributed by atoms with Gasteiger partial charge in [0, 0.05) is 17.8 Å². The molecule has 1 aromatic rings. The van der Waals surface area contributed by atoms with Gasteiger partial charge in [0.2, 0.25) is 0 Å². The van der Waals surface area contributed by atoms with E-state index in [1.54, 1.807) is 11.3 Å². The summed E-state index contributed by atoms with van der Waals surface area (Å²) in [5, 5.41) is 0.989. The second-order valence-electron chi connectivity index (χ2n) is 5.56. The summed E-state index contributed by atoms with van der Waals surface area (Å²) < 4.78 is 5.53. The smallest absolute Gasteiger partial charge is 0.186 e. The van der Waals surface area contributed by atoms with Crippen molar-refractivity contribution >= 4 is 22.3 Å². The maximum absolute atomic E-state index is 11.8. The monoisotopic (exact) mass is 266 g/mol. The van der Waals surface area contributed by atoms with Crippen LogP contribution in [0.4, 0.5) is 5.13 Å². The number of hydrogen-bond donors (Lipinski definition) is 0. The lowest BCUT2D eigenvalue weighted by atomic mass is 10.0. The van der Waals surface area contributed by atoms with Gasteiger partial charge in [0.25, 0.3) is 0 Å². The van der Waals surface area contributed by atoms with Crippen LogP contribution in [0.5, 0.6) is 0 Å². The van der Waals surface area contributed by atoms with E-state index in [1.165, 1.54) is 4.88 Å². The van der Waals surface area contributed by atoms with Crippen molar-refractivity contribution in [2.45, 2.75) is 38.6 Å². The molecule has 2 aliphatic rings. The zero-order chi connectivity index (χ0) is 12.8. The molecule has 18 heavy (non-hydrogen) atoms. The summed E-state index contributed by atoms with van der Waals surface area (Å²) >= 11 is 1.69. The largest absolute Gasteiger partial charge is 0.377 e. The minimum absolute atomic E-state index is 0.0399. The minimum Gasteiger partial charge on any atom is -0.377 e. The van der Waals surface area contributed by atoms with E-state index in [2.05, 4.69) is 23.7 Å². The molecule has 0 radical (unpaired) electrons. The zero-order valence-electron chi connectivity index (χ0n) is 10.9. The van der Waals surface area contributed by atoms with Crippen molar-refractivity contribution in [2.75, 3.05) is 24.7 Å². The number of fused-ring (bicyclic) bond motifs is 1. The van der Waals surface area contributed by atoms with Gasteiger partial charge < -0.3 is 9.64 Å². The molecule has 1 aromatic heterocycles. The number of carbonyl (C=O) groups excluding carboxylic acids is 1. The Labute approximate surface area is 111 Å². The lowest BCUT2D eigenvalue weighted by Gasteiger charge is -2.42. The second-order valence-corrected chi connectivity index (χ2v) is 6.62. The van der Waals surface area contributed by atoms with Gasteiger partial charge in [-0.2, -0.15) is 0 Å². The fraction of sp³-hybridized carbons (Fsp3) is 0.692. The zero-order valence-corrected chi connectivity index (χ0v) is 11.7. The highest BCUT2D eigenvalue weighted by molar-refractivity contribution is 7.16. The molecule has 0 N–H and O–H groups in total. The van der Waals surface area contributed by atoms with Crippen LogP contribution in [-0.2, 0) is 11.2 Å². The van der Waals surface area contributed by atoms with E-state index >= 15 is 0 Å². The molecular formula is C13H18N2O2S. The molecule has 0 spiro atoms. The van der Waals surface area contributed by atoms with E-state index in [4.69, 9.17) is 4.74 Å². The number of aromatic nitrogens is 1. The molecule has 2 heterocycles. The van der Waals surface area contributed by atoms with E-state index in [9.17, 15) is 4.79 Å². The Bertz CT molecular complexity index is 481. The second kappa shape index (κ2) is 4.31. The van der Waals surface area contributed by atoms with Gasteiger partial charge >= 0.3 is 0 Å². The molecule has 4 nitrogen and oxygen atoms in total. The molecule has 1 aliphatic heterocycles. The van der Waals surface area contributed by atoms with Gasteiger partial charge in [-0.1, -0.05) is 0 Å². The molecule has 1 fully saturated rings. The quantitative estimate of drug-likeness (QED) is 0.782. The Kier molecular flexibility index (Phi) is 2.90. The molecule has 0 unspecified atom stereocenters. The van der Waals surface area contributed by atoms with Crippen molar-refractivity contribution < 1.29 is 9.53 Å². The third kappa shape index (κ3) is 1.95. The molecule has 0 atom stereocenters. The van der Waals surface area contributed by atoms with Gasteiger partial charge in [-0.15, -0.1) is 11.3 Å². The number of Topliss-reactive ketones (excluding diaryl/α,β-unsaturated/α-hetero) is 1. The number of thiazole rings is 1. The van der Waals surface area contributed by atoms with Crippen LogP contribution in [0.15, 0.2) is 0 Å². The lowest BCUT2D eigenvalue weighted by molar-refractivity contribution is 0.0643. The Hall–Kier alpha value is -0.940. The Balaban J connectivity index is 1.95. The number of morpholine rings is 1. The maximum atomic E-state index is 11.8. The van der Waals surface area contributed by atoms with Crippen molar-refractivity contribution in [3.63, 3.8) is 0 Å². The van der Waals surface area contributed by atoms with E-state index in [1.807, 2.05) is 0 Å². The molecule has 1 aliphatic carbocycles. The van der Waals surface area contributed by atoms with Crippen LogP contribution < -0.4 is 4.90 Å². The number of anilines is 1. The van der Waals surface area contributed by atoms with E-state index in [0.717, 1.165) is 36.8 Å². The Morgan fingerprint density at radius 1 is 1.39 bits per heavy atom. The molecule has 1 saturated heterocycles. The lowest BCUT2D eigenvalue weighted by Crippen LogP contribution is -2.53. The average Bonchev–Trinajstić information content (AvgIpc) is 2.73. The predicted octanol–water partition coefficient (Wildman–Crippen LogP) is 2.28. The highest BCUT2D eigenvalue weighted by atomic mass is 32.1. The van der Waals surface area contributed by atoms with Crippen LogP contribution in [0.25, 0.3) is 0 Å². The number of ether oxygens (including phenoxy) is 1. The summed E-state index contributed by atoms with van der Waals surface area (Å²) in [5.41, 5.74) is 0.686. The van der Waals surface area contributed by atoms with E-state index < -0.39 is 0 Å². The minimum atomic E-state index is -0.0399. The molecule has 0 amide bonds. The average molecular weight is 266 g/mol. The number of hydrogen-bond acceptors (Lipinski definition) is 5. The molecule has 98 valence electrons. The molecule has 0 bridgehead atoms. The summed E-state index contributed by atoms with van der Waals surface area (Å²) in [6.45, 7) is 6.63. The summed E-state index contributed by atoms with van der Waals surface area (Å²) in [4.78, 5) is 19.9. The van der Waals surface area contributed by atoms with Crippen LogP contribution in [0.2, 0.25) is 0 Å². The fourth-order valence-electron chi connectivity index (χ4n) is 2.58. The van der Waals surface area contributed by atoms with Gasteiger partial charge in [-0.25, -0.2) is 4.98 Å². The van der Waals surface area contributed by atoms with Crippen molar-refractivity contribution in [3.8, 4) is 0 Å². The highest BCUT2D eigenvalue weighted by Crippen LogP contribution is 2.35. The Morgan fingerprint density at radius 2 is 2.22 bits per heavy atom. The fourth-order valence-corrected chi connectivity index (χ4v) is 3.89. The summed E-state index contributed by atoms with van der Waals surface area (Å²) in [6, 6.07) is 0. The predicted molar refractivity (Wildman–Crippen MR) is 71.6 cm³/mol. The van der Waals surface area contributed by atoms with Crippen LogP contribution in [0.1, 0.15) is 42.1 Å². The molecule has 5 heteroatoms. The van der Waals surface area contributed by atoms with Gasteiger partial charge in [-0.05, 0) is 26.7 Å². The van der Waals surface area contributed by atoms with Gasteiger partial charge in [0.1, 0.15) is 5.69 Å². The molecule has 0 aromatic carbocycles. The van der Waals surface area contributed by atoms with Gasteiger partial charge in [0.05, 0.1) is 18.8 Å². The van der Waals surface area contributed by atoms with E-state index in [0.29, 0.717) is 13.0 Å². The van der Waals surface area contributed by atoms with Crippen LogP contribution in [-0.4, -0.2) is 36.1 Å². The topological polar surface area (TPSA) is 42.4 Å². The first-order valence-electron chi connectivity index (χ1n) is 6.46. The van der Waals surface area contributed by atoms with Crippen molar-refractivity contribution in [3.05, 3.63) is 10.6 Å². The van der Waals surface area contributed by atoms with Gasteiger partial charge in [-0.3, -0.25) is 4.79 Å². The van der Waals surface area contributed by atoms with E-state index in [-0.39, 0.29) is 11.3 Å². The van der Waals surface area contributed by atoms with Crippen LogP contribution in [0.3, 0.4) is 0 Å². The number of aryl methyl sites for hydroxylation is 1. The van der Waals surface area contributed by atoms with Crippen LogP contribution >= 0.6 is 11.3 Å². The number of ketones is 1. The summed E-state index contributed by atoms with van der Waals surface area (Å²) in [5.74, 6) is 0.213. The molecular weight excluding hydrogens is 248 g/mol. The van der Waals surface area contributed by atoms with Crippen molar-refractivity contribution in [2.24, 2.45) is 0 Å². The number of carbonyl (C=O) groups is 1. The summed E-state index contributed by atoms with van der Waals surface area (Å²) in [6.07, 6.45) is 2.63. The van der Waals surface area contributed by atoms with Crippen molar-refractivity contribution in [1.29, 1.82) is 0 Å². The SMILES string of the molecule is CC1(C)COCCN1c1nc2c(s1)CCCC2=O. The van der Waals surface area contributed by atoms with Gasteiger partial charge in [0.15, 0.2) is 10.9 Å². The number of nitrogens with zero attached hydrogens (tertiary/aromatic N) is 2. The third-order valence-corrected chi connectivity index (χ3v) is 4.77. The van der Waals surface area contributed by atoms with Crippen LogP contribution in [0, 0.1) is 0 Å². The normalized spacial score (nSPS) is 23.0. The molecule has 0 saturated carbocycles. The Morgan fingerprint density at radius 3 is 2.94 bits per heavy atom. The van der Waals surface area contributed by atoms with Crippen molar-refractivity contribution in [1.82, 2.24) is 4.98 Å². The first-order valence-corrected chi connectivity index (χ1v) is 7.28. The highest BCUT2D eigenvalue weighted by Gasteiger charge is 2.34.